The maximum absolute atomic E-state index is 6.23. The fourth-order valence-corrected chi connectivity index (χ4v) is 2.83. The van der Waals surface area contributed by atoms with Crippen molar-refractivity contribution in [3.8, 4) is 5.75 Å². The first-order chi connectivity index (χ1) is 9.20. The molecule has 0 bridgehead atoms. The van der Waals surface area contributed by atoms with Crippen LogP contribution in [-0.2, 0) is 0 Å². The zero-order valence-corrected chi connectivity index (χ0v) is 12.7. The van der Waals surface area contributed by atoms with Crippen LogP contribution in [0, 0.1) is 6.92 Å². The van der Waals surface area contributed by atoms with Gasteiger partial charge in [0.05, 0.1) is 0 Å². The summed E-state index contributed by atoms with van der Waals surface area (Å²) in [6, 6.07) is 6.35. The lowest BCUT2D eigenvalue weighted by Gasteiger charge is -2.33. The predicted octanol–water partition coefficient (Wildman–Crippen LogP) is 4.34. The van der Waals surface area contributed by atoms with Crippen molar-refractivity contribution in [1.29, 1.82) is 0 Å². The molecular formula is C16H24ClNO. The van der Waals surface area contributed by atoms with E-state index in [9.17, 15) is 0 Å². The molecule has 1 saturated carbocycles. The largest absolute Gasteiger partial charge is 0.488 e. The minimum atomic E-state index is 0.275. The summed E-state index contributed by atoms with van der Waals surface area (Å²) < 4.78 is 6.23. The SMILES string of the molecule is CCCNC1CCCCC1Oc1cc(Cl)ccc1C. The van der Waals surface area contributed by atoms with Crippen molar-refractivity contribution >= 4 is 11.6 Å². The first-order valence-corrected chi connectivity index (χ1v) is 7.74. The normalized spacial score (nSPS) is 23.3. The molecule has 1 fully saturated rings. The molecule has 2 unspecified atom stereocenters. The van der Waals surface area contributed by atoms with E-state index in [0.29, 0.717) is 6.04 Å². The van der Waals surface area contributed by atoms with Gasteiger partial charge in [0.1, 0.15) is 11.9 Å². The zero-order chi connectivity index (χ0) is 13.7. The van der Waals surface area contributed by atoms with Gasteiger partial charge < -0.3 is 10.1 Å². The highest BCUT2D eigenvalue weighted by Gasteiger charge is 2.26. The second-order valence-corrected chi connectivity index (χ2v) is 5.85. The van der Waals surface area contributed by atoms with Crippen molar-refractivity contribution in [3.05, 3.63) is 28.8 Å². The fourth-order valence-electron chi connectivity index (χ4n) is 2.67. The van der Waals surface area contributed by atoms with E-state index < -0.39 is 0 Å². The summed E-state index contributed by atoms with van der Waals surface area (Å²) in [6.45, 7) is 5.34. The molecule has 0 spiro atoms. The Bertz CT molecular complexity index is 408. The molecule has 1 aliphatic carbocycles. The zero-order valence-electron chi connectivity index (χ0n) is 11.9. The van der Waals surface area contributed by atoms with E-state index in [2.05, 4.69) is 19.2 Å². The maximum atomic E-state index is 6.23. The lowest BCUT2D eigenvalue weighted by Crippen LogP contribution is -2.45. The molecule has 0 aliphatic heterocycles. The number of ether oxygens (including phenoxy) is 1. The average Bonchev–Trinajstić information content (AvgIpc) is 2.42. The highest BCUT2D eigenvalue weighted by molar-refractivity contribution is 6.30. The van der Waals surface area contributed by atoms with Gasteiger partial charge in [-0.3, -0.25) is 0 Å². The van der Waals surface area contributed by atoms with Crippen molar-refractivity contribution in [2.75, 3.05) is 6.54 Å². The second-order valence-electron chi connectivity index (χ2n) is 5.41. The number of hydrogen-bond acceptors (Lipinski definition) is 2. The summed E-state index contributed by atoms with van der Waals surface area (Å²) in [7, 11) is 0. The molecule has 19 heavy (non-hydrogen) atoms. The van der Waals surface area contributed by atoms with Crippen LogP contribution in [0.3, 0.4) is 0 Å². The average molecular weight is 282 g/mol. The fraction of sp³-hybridized carbons (Fsp3) is 0.625. The Morgan fingerprint density at radius 1 is 1.32 bits per heavy atom. The number of halogens is 1. The summed E-state index contributed by atoms with van der Waals surface area (Å²) in [5, 5.41) is 4.36. The van der Waals surface area contributed by atoms with E-state index in [1.165, 1.54) is 25.7 Å². The summed E-state index contributed by atoms with van der Waals surface area (Å²) >= 11 is 6.06. The Kier molecular flexibility index (Phi) is 5.53. The summed E-state index contributed by atoms with van der Waals surface area (Å²) in [5.41, 5.74) is 1.16. The molecule has 2 rings (SSSR count). The summed E-state index contributed by atoms with van der Waals surface area (Å²) in [6.07, 6.45) is 6.35. The Labute approximate surface area is 121 Å². The van der Waals surface area contributed by atoms with E-state index in [4.69, 9.17) is 16.3 Å². The van der Waals surface area contributed by atoms with E-state index in [0.717, 1.165) is 29.3 Å². The number of benzene rings is 1. The summed E-state index contributed by atoms with van der Waals surface area (Å²) in [4.78, 5) is 0. The molecule has 0 radical (unpaired) electrons. The van der Waals surface area contributed by atoms with Gasteiger partial charge in [-0.25, -0.2) is 0 Å². The van der Waals surface area contributed by atoms with Crippen molar-refractivity contribution < 1.29 is 4.74 Å². The van der Waals surface area contributed by atoms with Crippen LogP contribution in [0.4, 0.5) is 0 Å². The van der Waals surface area contributed by atoms with Gasteiger partial charge in [-0.05, 0) is 56.8 Å². The highest BCUT2D eigenvalue weighted by atomic mass is 35.5. The predicted molar refractivity (Wildman–Crippen MR) is 81.2 cm³/mol. The maximum Gasteiger partial charge on any atom is 0.124 e. The molecule has 1 aromatic carbocycles. The van der Waals surface area contributed by atoms with E-state index in [1.54, 1.807) is 0 Å². The third-order valence-electron chi connectivity index (χ3n) is 3.79. The van der Waals surface area contributed by atoms with E-state index in [-0.39, 0.29) is 6.10 Å². The Morgan fingerprint density at radius 2 is 2.11 bits per heavy atom. The third-order valence-corrected chi connectivity index (χ3v) is 4.02. The van der Waals surface area contributed by atoms with Gasteiger partial charge in [0.2, 0.25) is 0 Å². The van der Waals surface area contributed by atoms with Crippen molar-refractivity contribution in [1.82, 2.24) is 5.32 Å². The first kappa shape index (κ1) is 14.7. The molecule has 0 saturated heterocycles. The number of hydrogen-bond donors (Lipinski definition) is 1. The minimum Gasteiger partial charge on any atom is -0.488 e. The molecule has 0 amide bonds. The van der Waals surface area contributed by atoms with Gasteiger partial charge in [-0.1, -0.05) is 31.0 Å². The molecule has 0 heterocycles. The van der Waals surface area contributed by atoms with Crippen LogP contribution in [0.1, 0.15) is 44.6 Å². The molecule has 1 aliphatic rings. The van der Waals surface area contributed by atoms with Gasteiger partial charge >= 0.3 is 0 Å². The van der Waals surface area contributed by atoms with Crippen LogP contribution in [-0.4, -0.2) is 18.7 Å². The van der Waals surface area contributed by atoms with E-state index >= 15 is 0 Å². The van der Waals surface area contributed by atoms with Crippen LogP contribution in [0.5, 0.6) is 5.75 Å². The molecular weight excluding hydrogens is 258 g/mol. The first-order valence-electron chi connectivity index (χ1n) is 7.37. The Hall–Kier alpha value is -0.730. The number of rotatable bonds is 5. The Balaban J connectivity index is 2.04. The molecule has 106 valence electrons. The van der Waals surface area contributed by atoms with Gasteiger partial charge in [0, 0.05) is 11.1 Å². The van der Waals surface area contributed by atoms with Crippen LogP contribution < -0.4 is 10.1 Å². The van der Waals surface area contributed by atoms with E-state index in [1.807, 2.05) is 18.2 Å². The molecule has 1 N–H and O–H groups in total. The monoisotopic (exact) mass is 281 g/mol. The Morgan fingerprint density at radius 3 is 2.89 bits per heavy atom. The van der Waals surface area contributed by atoms with Gasteiger partial charge in [-0.2, -0.15) is 0 Å². The minimum absolute atomic E-state index is 0.275. The van der Waals surface area contributed by atoms with Crippen molar-refractivity contribution in [3.63, 3.8) is 0 Å². The quantitative estimate of drug-likeness (QED) is 0.867. The lowest BCUT2D eigenvalue weighted by molar-refractivity contribution is 0.113. The van der Waals surface area contributed by atoms with Crippen molar-refractivity contribution in [2.24, 2.45) is 0 Å². The smallest absolute Gasteiger partial charge is 0.124 e. The van der Waals surface area contributed by atoms with Gasteiger partial charge in [0.15, 0.2) is 0 Å². The third kappa shape index (κ3) is 4.12. The molecule has 0 aromatic heterocycles. The number of aryl methyl sites for hydroxylation is 1. The van der Waals surface area contributed by atoms with Gasteiger partial charge in [-0.15, -0.1) is 0 Å². The second kappa shape index (κ2) is 7.16. The summed E-state index contributed by atoms with van der Waals surface area (Å²) in [5.74, 6) is 0.933. The molecule has 1 aromatic rings. The molecule has 2 atom stereocenters. The van der Waals surface area contributed by atoms with Crippen LogP contribution in [0.2, 0.25) is 5.02 Å². The lowest BCUT2D eigenvalue weighted by atomic mass is 9.92. The number of nitrogens with one attached hydrogen (secondary N) is 1. The highest BCUT2D eigenvalue weighted by Crippen LogP contribution is 2.28. The van der Waals surface area contributed by atoms with Gasteiger partial charge in [0.25, 0.3) is 0 Å². The standard InChI is InChI=1S/C16H24ClNO/c1-3-10-18-14-6-4-5-7-15(14)19-16-11-13(17)9-8-12(16)2/h8-9,11,14-15,18H,3-7,10H2,1-2H3. The van der Waals surface area contributed by atoms with Crippen molar-refractivity contribution in [2.45, 2.75) is 58.1 Å². The molecule has 2 nitrogen and oxygen atoms in total. The van der Waals surface area contributed by atoms with Crippen LogP contribution in [0.15, 0.2) is 18.2 Å². The molecule has 3 heteroatoms. The van der Waals surface area contributed by atoms with Crippen LogP contribution >= 0.6 is 11.6 Å². The van der Waals surface area contributed by atoms with Crippen LogP contribution in [0.25, 0.3) is 0 Å². The topological polar surface area (TPSA) is 21.3 Å².